The minimum atomic E-state index is 0.143. The molecule has 1 aromatic rings. The zero-order chi connectivity index (χ0) is 13.3. The van der Waals surface area contributed by atoms with Crippen LogP contribution in [-0.4, -0.2) is 43.9 Å². The molecule has 0 aromatic carbocycles. The van der Waals surface area contributed by atoms with E-state index in [-0.39, 0.29) is 5.60 Å². The monoisotopic (exact) mass is 281 g/mol. The summed E-state index contributed by atoms with van der Waals surface area (Å²) < 4.78 is 11.3. The third kappa shape index (κ3) is 2.59. The fourth-order valence-electron chi connectivity index (χ4n) is 3.39. The van der Waals surface area contributed by atoms with Crippen molar-refractivity contribution >= 4 is 11.3 Å². The van der Waals surface area contributed by atoms with Crippen molar-refractivity contribution in [3.63, 3.8) is 0 Å². The maximum Gasteiger partial charge on any atom is 0.0964 e. The van der Waals surface area contributed by atoms with Gasteiger partial charge in [-0.1, -0.05) is 0 Å². The first kappa shape index (κ1) is 13.6. The molecule has 0 amide bonds. The van der Waals surface area contributed by atoms with Crippen molar-refractivity contribution in [1.29, 1.82) is 0 Å². The fraction of sp³-hybridized carbons (Fsp3) is 0.733. The van der Waals surface area contributed by atoms with Gasteiger partial charge in [-0.05, 0) is 42.7 Å². The molecule has 2 fully saturated rings. The second kappa shape index (κ2) is 5.52. The zero-order valence-corrected chi connectivity index (χ0v) is 12.7. The van der Waals surface area contributed by atoms with Gasteiger partial charge in [0.25, 0.3) is 0 Å². The van der Waals surface area contributed by atoms with Crippen molar-refractivity contribution in [2.75, 3.05) is 33.4 Å². The molecule has 0 saturated carbocycles. The number of rotatable bonds is 5. The van der Waals surface area contributed by atoms with Gasteiger partial charge in [0, 0.05) is 44.8 Å². The van der Waals surface area contributed by atoms with Gasteiger partial charge >= 0.3 is 0 Å². The molecule has 0 bridgehead atoms. The lowest BCUT2D eigenvalue weighted by Gasteiger charge is -2.50. The van der Waals surface area contributed by atoms with Crippen molar-refractivity contribution in [3.8, 4) is 0 Å². The van der Waals surface area contributed by atoms with Gasteiger partial charge in [-0.3, -0.25) is 4.90 Å². The summed E-state index contributed by atoms with van der Waals surface area (Å²) in [4.78, 5) is 4.02. The Morgan fingerprint density at radius 1 is 1.53 bits per heavy atom. The van der Waals surface area contributed by atoms with Gasteiger partial charge in [-0.25, -0.2) is 0 Å². The lowest BCUT2D eigenvalue weighted by molar-refractivity contribution is -0.138. The predicted molar refractivity (Wildman–Crippen MR) is 77.6 cm³/mol. The van der Waals surface area contributed by atoms with Gasteiger partial charge in [0.1, 0.15) is 0 Å². The molecule has 2 saturated heterocycles. The zero-order valence-electron chi connectivity index (χ0n) is 11.9. The molecule has 1 spiro atoms. The van der Waals surface area contributed by atoms with Gasteiger partial charge in [0.15, 0.2) is 0 Å². The Morgan fingerprint density at radius 3 is 3.05 bits per heavy atom. The van der Waals surface area contributed by atoms with E-state index in [1.807, 2.05) is 11.3 Å². The first-order valence-electron chi connectivity index (χ1n) is 7.12. The summed E-state index contributed by atoms with van der Waals surface area (Å²) in [6, 6.07) is 2.21. The highest BCUT2D eigenvalue weighted by Gasteiger charge is 2.52. The van der Waals surface area contributed by atoms with Crippen LogP contribution in [0, 0.1) is 12.8 Å². The number of ether oxygens (including phenoxy) is 2. The van der Waals surface area contributed by atoms with Crippen molar-refractivity contribution in [1.82, 2.24) is 4.90 Å². The van der Waals surface area contributed by atoms with Crippen molar-refractivity contribution in [2.24, 2.45) is 5.92 Å². The summed E-state index contributed by atoms with van der Waals surface area (Å²) in [5.41, 5.74) is 1.57. The third-order valence-electron chi connectivity index (χ3n) is 4.59. The van der Waals surface area contributed by atoms with E-state index in [4.69, 9.17) is 9.47 Å². The number of methoxy groups -OCH3 is 1. The third-order valence-corrected chi connectivity index (χ3v) is 5.60. The van der Waals surface area contributed by atoms with Gasteiger partial charge in [0.05, 0.1) is 5.60 Å². The molecular weight excluding hydrogens is 258 g/mol. The van der Waals surface area contributed by atoms with Crippen LogP contribution in [0.2, 0.25) is 0 Å². The van der Waals surface area contributed by atoms with E-state index in [1.54, 1.807) is 7.11 Å². The average molecular weight is 281 g/mol. The topological polar surface area (TPSA) is 21.7 Å². The Kier molecular flexibility index (Phi) is 3.94. The van der Waals surface area contributed by atoms with Gasteiger partial charge < -0.3 is 9.47 Å². The minimum absolute atomic E-state index is 0.143. The quantitative estimate of drug-likeness (QED) is 0.828. The minimum Gasteiger partial charge on any atom is -0.385 e. The fourth-order valence-corrected chi connectivity index (χ4v) is 4.34. The van der Waals surface area contributed by atoms with E-state index in [0.717, 1.165) is 39.3 Å². The summed E-state index contributed by atoms with van der Waals surface area (Å²) in [7, 11) is 1.79. The second-order valence-corrected chi connectivity index (χ2v) is 6.85. The molecule has 3 heterocycles. The maximum atomic E-state index is 6.07. The Hall–Kier alpha value is -0.420. The summed E-state index contributed by atoms with van der Waals surface area (Å²) in [6.07, 6.45) is 2.34. The van der Waals surface area contributed by atoms with Crippen molar-refractivity contribution in [2.45, 2.75) is 31.9 Å². The van der Waals surface area contributed by atoms with Crippen LogP contribution in [0.15, 0.2) is 11.4 Å². The molecule has 3 rings (SSSR count). The Labute approximate surface area is 119 Å². The molecular formula is C15H23NO2S. The predicted octanol–water partition coefficient (Wildman–Crippen LogP) is 2.68. The van der Waals surface area contributed by atoms with Gasteiger partial charge in [-0.2, -0.15) is 0 Å². The lowest BCUT2D eigenvalue weighted by Crippen LogP contribution is -2.64. The molecule has 19 heavy (non-hydrogen) atoms. The first-order chi connectivity index (χ1) is 9.23. The summed E-state index contributed by atoms with van der Waals surface area (Å²) in [6.45, 7) is 7.28. The van der Waals surface area contributed by atoms with E-state index < -0.39 is 0 Å². The van der Waals surface area contributed by atoms with Crippen LogP contribution in [0.25, 0.3) is 0 Å². The molecule has 0 N–H and O–H groups in total. The van der Waals surface area contributed by atoms with Crippen LogP contribution >= 0.6 is 11.3 Å². The molecule has 0 aliphatic carbocycles. The van der Waals surface area contributed by atoms with E-state index in [1.165, 1.54) is 16.9 Å². The average Bonchev–Trinajstić information content (AvgIpc) is 2.94. The number of hydrogen-bond acceptors (Lipinski definition) is 4. The number of nitrogens with zero attached hydrogens (tertiary/aromatic N) is 1. The van der Waals surface area contributed by atoms with Crippen LogP contribution in [0.3, 0.4) is 0 Å². The maximum absolute atomic E-state index is 6.07. The second-order valence-electron chi connectivity index (χ2n) is 5.85. The van der Waals surface area contributed by atoms with Crippen LogP contribution < -0.4 is 0 Å². The van der Waals surface area contributed by atoms with E-state index >= 15 is 0 Å². The van der Waals surface area contributed by atoms with Crippen LogP contribution in [-0.2, 0) is 16.0 Å². The molecule has 4 heteroatoms. The molecule has 106 valence electrons. The number of likely N-dealkylation sites (tertiary alicyclic amines) is 1. The molecule has 0 unspecified atom stereocenters. The van der Waals surface area contributed by atoms with Gasteiger partial charge in [-0.15, -0.1) is 11.3 Å². The molecule has 3 nitrogen and oxygen atoms in total. The summed E-state index contributed by atoms with van der Waals surface area (Å²) in [5.74, 6) is 0.688. The molecule has 2 aliphatic rings. The molecule has 2 aliphatic heterocycles. The van der Waals surface area contributed by atoms with Crippen LogP contribution in [0.1, 0.15) is 23.3 Å². The number of thiophene rings is 1. The largest absolute Gasteiger partial charge is 0.385 e. The SMILES string of the molecule is COCC[C@H]1CCOC12CN(Cc1sccc1C)C2. The molecule has 1 aromatic heterocycles. The smallest absolute Gasteiger partial charge is 0.0964 e. The lowest BCUT2D eigenvalue weighted by atomic mass is 9.79. The van der Waals surface area contributed by atoms with E-state index in [9.17, 15) is 0 Å². The highest BCUT2D eigenvalue weighted by atomic mass is 32.1. The number of aryl methyl sites for hydroxylation is 1. The summed E-state index contributed by atoms with van der Waals surface area (Å²) in [5, 5.41) is 2.19. The highest BCUT2D eigenvalue weighted by molar-refractivity contribution is 7.10. The molecule has 0 radical (unpaired) electrons. The highest BCUT2D eigenvalue weighted by Crippen LogP contribution is 2.42. The van der Waals surface area contributed by atoms with Crippen molar-refractivity contribution < 1.29 is 9.47 Å². The molecule has 1 atom stereocenters. The van der Waals surface area contributed by atoms with Crippen LogP contribution in [0.5, 0.6) is 0 Å². The van der Waals surface area contributed by atoms with E-state index in [2.05, 4.69) is 23.3 Å². The Balaban J connectivity index is 1.54. The standard InChI is InChI=1S/C15H23NO2S/c1-12-5-8-19-14(12)9-16-10-15(11-16)13(3-6-17-2)4-7-18-15/h5,8,13H,3-4,6-7,9-11H2,1-2H3/t13-/m0/s1. The van der Waals surface area contributed by atoms with E-state index in [0.29, 0.717) is 5.92 Å². The summed E-state index contributed by atoms with van der Waals surface area (Å²) >= 11 is 1.87. The van der Waals surface area contributed by atoms with Crippen LogP contribution in [0.4, 0.5) is 0 Å². The first-order valence-corrected chi connectivity index (χ1v) is 8.00. The normalized spacial score (nSPS) is 25.9. The number of hydrogen-bond donors (Lipinski definition) is 0. The van der Waals surface area contributed by atoms with Crippen molar-refractivity contribution in [3.05, 3.63) is 21.9 Å². The van der Waals surface area contributed by atoms with Gasteiger partial charge in [0.2, 0.25) is 0 Å². The Bertz CT molecular complexity index is 426. The Morgan fingerprint density at radius 2 is 2.37 bits per heavy atom.